The van der Waals surface area contributed by atoms with E-state index >= 15 is 0 Å². The first-order chi connectivity index (χ1) is 7.93. The summed E-state index contributed by atoms with van der Waals surface area (Å²) in [5, 5.41) is 9.40. The molecule has 0 bridgehead atoms. The minimum Gasteiger partial charge on any atom is -0.264 e. The van der Waals surface area contributed by atoms with Gasteiger partial charge in [-0.05, 0) is 12.1 Å². The zero-order chi connectivity index (χ0) is 10.8. The lowest BCUT2D eigenvalue weighted by Gasteiger charge is -1.92. The molecule has 5 nitrogen and oxygen atoms in total. The molecule has 0 unspecified atom stereocenters. The second-order valence-electron chi connectivity index (χ2n) is 3.11. The number of nitrogens with zero attached hydrogens (tertiary/aromatic N) is 4. The van der Waals surface area contributed by atoms with Crippen LogP contribution in [0.3, 0.4) is 0 Å². The molecule has 0 saturated heterocycles. The van der Waals surface area contributed by atoms with Gasteiger partial charge in [-0.15, -0.1) is 11.3 Å². The molecule has 0 amide bonds. The highest BCUT2D eigenvalue weighted by Crippen LogP contribution is 2.25. The molecule has 3 heterocycles. The minimum atomic E-state index is 0.695. The van der Waals surface area contributed by atoms with Crippen LogP contribution in [0.4, 0.5) is 0 Å². The lowest BCUT2D eigenvalue weighted by molar-refractivity contribution is 1.09. The van der Waals surface area contributed by atoms with Gasteiger partial charge in [0.2, 0.25) is 0 Å². The lowest BCUT2D eigenvalue weighted by Crippen LogP contribution is -1.81. The van der Waals surface area contributed by atoms with Gasteiger partial charge in [-0.2, -0.15) is 5.10 Å². The molecule has 1 N–H and O–H groups in total. The van der Waals surface area contributed by atoms with Gasteiger partial charge in [0, 0.05) is 23.3 Å². The van der Waals surface area contributed by atoms with Crippen molar-refractivity contribution in [3.8, 4) is 22.1 Å². The van der Waals surface area contributed by atoms with Crippen molar-refractivity contribution in [3.63, 3.8) is 0 Å². The molecule has 3 aromatic rings. The van der Waals surface area contributed by atoms with Crippen molar-refractivity contribution in [2.75, 3.05) is 0 Å². The van der Waals surface area contributed by atoms with Gasteiger partial charge < -0.3 is 0 Å². The fourth-order valence-corrected chi connectivity index (χ4v) is 2.11. The Labute approximate surface area is 95.2 Å². The number of pyridine rings is 1. The number of thiazole rings is 1. The first kappa shape index (κ1) is 9.17. The van der Waals surface area contributed by atoms with Crippen molar-refractivity contribution >= 4 is 11.3 Å². The molecule has 0 aliphatic heterocycles. The number of rotatable bonds is 2. The Balaban J connectivity index is 2.00. The molecular formula is C10H7N5S. The first-order valence-corrected chi connectivity index (χ1v) is 5.53. The lowest BCUT2D eigenvalue weighted by atomic mass is 10.2. The normalized spacial score (nSPS) is 10.5. The summed E-state index contributed by atoms with van der Waals surface area (Å²) < 4.78 is 0. The predicted octanol–water partition coefficient (Wildman–Crippen LogP) is 1.99. The zero-order valence-electron chi connectivity index (χ0n) is 8.16. The summed E-state index contributed by atoms with van der Waals surface area (Å²) >= 11 is 1.53. The molecule has 0 atom stereocenters. The minimum absolute atomic E-state index is 0.695. The third-order valence-electron chi connectivity index (χ3n) is 2.08. The van der Waals surface area contributed by atoms with Crippen molar-refractivity contribution < 1.29 is 0 Å². The van der Waals surface area contributed by atoms with Gasteiger partial charge in [0.1, 0.15) is 6.33 Å². The summed E-state index contributed by atoms with van der Waals surface area (Å²) in [7, 11) is 0. The highest BCUT2D eigenvalue weighted by molar-refractivity contribution is 7.13. The summed E-state index contributed by atoms with van der Waals surface area (Å²) in [6.45, 7) is 0. The second kappa shape index (κ2) is 3.82. The van der Waals surface area contributed by atoms with Crippen LogP contribution in [0, 0.1) is 0 Å². The maximum absolute atomic E-state index is 4.47. The Morgan fingerprint density at radius 2 is 2.31 bits per heavy atom. The number of hydrogen-bond donors (Lipinski definition) is 1. The van der Waals surface area contributed by atoms with Gasteiger partial charge in [0.05, 0.1) is 5.69 Å². The molecule has 0 spiro atoms. The zero-order valence-corrected chi connectivity index (χ0v) is 8.98. The number of nitrogens with one attached hydrogen (secondary N) is 1. The monoisotopic (exact) mass is 229 g/mol. The molecule has 0 aromatic carbocycles. The van der Waals surface area contributed by atoms with Gasteiger partial charge in [-0.3, -0.25) is 10.1 Å². The first-order valence-electron chi connectivity index (χ1n) is 4.65. The van der Waals surface area contributed by atoms with E-state index in [0.717, 1.165) is 16.3 Å². The van der Waals surface area contributed by atoms with E-state index in [2.05, 4.69) is 25.1 Å². The highest BCUT2D eigenvalue weighted by atomic mass is 32.1. The van der Waals surface area contributed by atoms with E-state index in [-0.39, 0.29) is 0 Å². The molecule has 0 saturated carbocycles. The van der Waals surface area contributed by atoms with Crippen LogP contribution in [0.25, 0.3) is 22.1 Å². The molecule has 16 heavy (non-hydrogen) atoms. The molecule has 0 radical (unpaired) electrons. The SMILES string of the molecule is c1cncc(-c2csc(-c3ncn[nH]3)n2)c1. The van der Waals surface area contributed by atoms with Crippen LogP contribution in [0.15, 0.2) is 36.2 Å². The van der Waals surface area contributed by atoms with Crippen LogP contribution in [0.1, 0.15) is 0 Å². The molecule has 3 aromatic heterocycles. The van der Waals surface area contributed by atoms with E-state index in [1.807, 2.05) is 17.5 Å². The van der Waals surface area contributed by atoms with E-state index < -0.39 is 0 Å². The van der Waals surface area contributed by atoms with Gasteiger partial charge in [0.25, 0.3) is 0 Å². The van der Waals surface area contributed by atoms with Crippen molar-refractivity contribution in [3.05, 3.63) is 36.2 Å². The van der Waals surface area contributed by atoms with Crippen LogP contribution >= 0.6 is 11.3 Å². The predicted molar refractivity (Wildman–Crippen MR) is 60.7 cm³/mol. The summed E-state index contributed by atoms with van der Waals surface area (Å²) in [5.41, 5.74) is 1.91. The molecule has 0 aliphatic rings. The number of hydrogen-bond acceptors (Lipinski definition) is 5. The third kappa shape index (κ3) is 1.59. The molecule has 3 rings (SSSR count). The average molecular weight is 229 g/mol. The number of aromatic amines is 1. The van der Waals surface area contributed by atoms with Crippen LogP contribution in [0.5, 0.6) is 0 Å². The van der Waals surface area contributed by atoms with Gasteiger partial charge >= 0.3 is 0 Å². The third-order valence-corrected chi connectivity index (χ3v) is 2.93. The second-order valence-corrected chi connectivity index (χ2v) is 3.97. The Kier molecular flexibility index (Phi) is 2.19. The van der Waals surface area contributed by atoms with Crippen molar-refractivity contribution in [2.45, 2.75) is 0 Å². The Morgan fingerprint density at radius 3 is 3.06 bits per heavy atom. The molecule has 0 fully saturated rings. The van der Waals surface area contributed by atoms with E-state index in [1.54, 1.807) is 12.4 Å². The van der Waals surface area contributed by atoms with E-state index in [0.29, 0.717) is 5.82 Å². The van der Waals surface area contributed by atoms with Gasteiger partial charge in [-0.25, -0.2) is 9.97 Å². The number of aromatic nitrogens is 5. The quantitative estimate of drug-likeness (QED) is 0.729. The molecular weight excluding hydrogens is 222 g/mol. The summed E-state index contributed by atoms with van der Waals surface area (Å²) in [4.78, 5) is 12.6. The van der Waals surface area contributed by atoms with Gasteiger partial charge in [-0.1, -0.05) is 0 Å². The standard InChI is InChI=1S/C10H7N5S/c1-2-7(4-11-3-1)8-5-16-10(14-8)9-12-6-13-15-9/h1-6H,(H,12,13,15). The highest BCUT2D eigenvalue weighted by Gasteiger charge is 2.08. The Hall–Kier alpha value is -2.08. The van der Waals surface area contributed by atoms with E-state index in [9.17, 15) is 0 Å². The van der Waals surface area contributed by atoms with E-state index in [1.165, 1.54) is 17.7 Å². The Morgan fingerprint density at radius 1 is 1.31 bits per heavy atom. The van der Waals surface area contributed by atoms with Gasteiger partial charge in [0.15, 0.2) is 10.8 Å². The van der Waals surface area contributed by atoms with Crippen LogP contribution in [-0.4, -0.2) is 25.1 Å². The molecule has 6 heteroatoms. The van der Waals surface area contributed by atoms with E-state index in [4.69, 9.17) is 0 Å². The Bertz CT molecular complexity index is 572. The average Bonchev–Trinajstić information content (AvgIpc) is 3.01. The van der Waals surface area contributed by atoms with Crippen LogP contribution in [0.2, 0.25) is 0 Å². The van der Waals surface area contributed by atoms with Crippen LogP contribution in [-0.2, 0) is 0 Å². The van der Waals surface area contributed by atoms with Crippen LogP contribution < -0.4 is 0 Å². The summed E-state index contributed by atoms with van der Waals surface area (Å²) in [6.07, 6.45) is 5.01. The topological polar surface area (TPSA) is 67.3 Å². The fraction of sp³-hybridized carbons (Fsp3) is 0. The van der Waals surface area contributed by atoms with Crippen molar-refractivity contribution in [1.29, 1.82) is 0 Å². The summed E-state index contributed by atoms with van der Waals surface area (Å²) in [6, 6.07) is 3.87. The number of H-pyrrole nitrogens is 1. The molecule has 78 valence electrons. The maximum Gasteiger partial charge on any atom is 0.184 e. The smallest absolute Gasteiger partial charge is 0.184 e. The van der Waals surface area contributed by atoms with Crippen molar-refractivity contribution in [1.82, 2.24) is 25.1 Å². The molecule has 0 aliphatic carbocycles. The maximum atomic E-state index is 4.47. The van der Waals surface area contributed by atoms with Crippen molar-refractivity contribution in [2.24, 2.45) is 0 Å². The largest absolute Gasteiger partial charge is 0.264 e. The summed E-state index contributed by atoms with van der Waals surface area (Å²) in [5.74, 6) is 0.695. The fourth-order valence-electron chi connectivity index (χ4n) is 1.34.